The van der Waals surface area contributed by atoms with Crippen LogP contribution in [0, 0.1) is 0 Å². The van der Waals surface area contributed by atoms with E-state index in [1.54, 1.807) is 12.3 Å². The van der Waals surface area contributed by atoms with Crippen LogP contribution in [0.2, 0.25) is 0 Å². The third-order valence-corrected chi connectivity index (χ3v) is 3.47. The predicted octanol–water partition coefficient (Wildman–Crippen LogP) is -0.998. The van der Waals surface area contributed by atoms with E-state index in [2.05, 4.69) is 21.9 Å². The van der Waals surface area contributed by atoms with Gasteiger partial charge in [0.1, 0.15) is 0 Å². The van der Waals surface area contributed by atoms with Gasteiger partial charge in [0.05, 0.1) is 31.1 Å². The summed E-state index contributed by atoms with van der Waals surface area (Å²) >= 11 is 0. The van der Waals surface area contributed by atoms with Gasteiger partial charge in [-0.2, -0.15) is 5.10 Å². The number of piperazine rings is 1. The molecule has 7 nitrogen and oxygen atoms in total. The van der Waals surface area contributed by atoms with Crippen LogP contribution >= 0.6 is 0 Å². The zero-order valence-corrected chi connectivity index (χ0v) is 12.0. The molecular weight excluding hydrogens is 260 g/mol. The van der Waals surface area contributed by atoms with E-state index in [-0.39, 0.29) is 18.7 Å². The topological polar surface area (TPSA) is 70.8 Å². The Morgan fingerprint density at radius 3 is 2.70 bits per heavy atom. The van der Waals surface area contributed by atoms with E-state index in [1.807, 2.05) is 0 Å². The number of aliphatic hydroxyl groups is 1. The number of methoxy groups -OCH3 is 1. The van der Waals surface area contributed by atoms with Crippen LogP contribution in [0.15, 0.2) is 17.1 Å². The molecule has 0 saturated carbocycles. The van der Waals surface area contributed by atoms with Crippen molar-refractivity contribution in [2.75, 3.05) is 51.8 Å². The van der Waals surface area contributed by atoms with Crippen molar-refractivity contribution in [1.29, 1.82) is 0 Å². The van der Waals surface area contributed by atoms with Crippen molar-refractivity contribution < 1.29 is 9.84 Å². The minimum Gasteiger partial charge on any atom is -0.389 e. The Bertz CT molecular complexity index is 483. The minimum absolute atomic E-state index is 0.149. The molecule has 1 aromatic rings. The molecule has 1 atom stereocenters. The smallest absolute Gasteiger partial charge is 0.268 e. The number of aromatic nitrogens is 2. The molecule has 20 heavy (non-hydrogen) atoms. The molecule has 2 rings (SSSR count). The summed E-state index contributed by atoms with van der Waals surface area (Å²) in [4.78, 5) is 16.4. The van der Waals surface area contributed by atoms with E-state index in [4.69, 9.17) is 4.74 Å². The highest BCUT2D eigenvalue weighted by Crippen LogP contribution is 2.12. The Morgan fingerprint density at radius 1 is 1.40 bits per heavy atom. The van der Waals surface area contributed by atoms with Crippen LogP contribution in [-0.4, -0.2) is 72.8 Å². The third kappa shape index (κ3) is 3.78. The standard InChI is InChI=1S/C13H22N4O3/c1-15-3-5-16(6-4-15)11-7-13(19)17(14-8-11)9-12(18)10-20-2/h7-8,12,18H,3-6,9-10H2,1-2H3. The molecule has 112 valence electrons. The lowest BCUT2D eigenvalue weighted by Gasteiger charge is -2.33. The van der Waals surface area contributed by atoms with Gasteiger partial charge < -0.3 is 19.6 Å². The van der Waals surface area contributed by atoms with Gasteiger partial charge in [0.15, 0.2) is 0 Å². The van der Waals surface area contributed by atoms with Crippen molar-refractivity contribution >= 4 is 5.69 Å². The molecule has 1 aliphatic heterocycles. The summed E-state index contributed by atoms with van der Waals surface area (Å²) in [5.41, 5.74) is 0.650. The van der Waals surface area contributed by atoms with E-state index >= 15 is 0 Å². The zero-order chi connectivity index (χ0) is 14.5. The number of nitrogens with zero attached hydrogens (tertiary/aromatic N) is 4. The quantitative estimate of drug-likeness (QED) is 0.747. The number of hydrogen-bond donors (Lipinski definition) is 1. The SMILES string of the molecule is COCC(O)Cn1ncc(N2CCN(C)CC2)cc1=O. The summed E-state index contributed by atoms with van der Waals surface area (Å²) in [5.74, 6) is 0. The Hall–Kier alpha value is -1.44. The first-order valence-corrected chi connectivity index (χ1v) is 6.78. The number of likely N-dealkylation sites (N-methyl/N-ethyl adjacent to an activating group) is 1. The molecule has 0 radical (unpaired) electrons. The maximum Gasteiger partial charge on any atom is 0.268 e. The molecule has 0 spiro atoms. The van der Waals surface area contributed by atoms with Crippen molar-refractivity contribution in [3.05, 3.63) is 22.6 Å². The minimum atomic E-state index is -0.723. The lowest BCUT2D eigenvalue weighted by atomic mass is 10.3. The highest BCUT2D eigenvalue weighted by molar-refractivity contribution is 5.43. The van der Waals surface area contributed by atoms with Gasteiger partial charge in [-0.25, -0.2) is 4.68 Å². The van der Waals surface area contributed by atoms with Crippen molar-refractivity contribution in [1.82, 2.24) is 14.7 Å². The van der Waals surface area contributed by atoms with Crippen LogP contribution in [0.25, 0.3) is 0 Å². The van der Waals surface area contributed by atoms with Crippen LogP contribution < -0.4 is 10.5 Å². The summed E-state index contributed by atoms with van der Waals surface area (Å²) in [6.07, 6.45) is 0.964. The van der Waals surface area contributed by atoms with Gasteiger partial charge in [0.25, 0.3) is 5.56 Å². The van der Waals surface area contributed by atoms with Crippen LogP contribution in [-0.2, 0) is 11.3 Å². The summed E-state index contributed by atoms with van der Waals surface area (Å²) < 4.78 is 6.11. The lowest BCUT2D eigenvalue weighted by molar-refractivity contribution is 0.0504. The Morgan fingerprint density at radius 2 is 2.10 bits per heavy atom. The van der Waals surface area contributed by atoms with E-state index < -0.39 is 6.10 Å². The summed E-state index contributed by atoms with van der Waals surface area (Å²) in [5, 5.41) is 13.8. The molecule has 0 aliphatic carbocycles. The molecular formula is C13H22N4O3. The van der Waals surface area contributed by atoms with E-state index in [9.17, 15) is 9.90 Å². The molecule has 1 fully saturated rings. The second-order valence-corrected chi connectivity index (χ2v) is 5.13. The number of anilines is 1. The van der Waals surface area contributed by atoms with Crippen LogP contribution in [0.3, 0.4) is 0 Å². The highest BCUT2D eigenvalue weighted by atomic mass is 16.5. The number of ether oxygens (including phenoxy) is 1. The van der Waals surface area contributed by atoms with E-state index in [0.29, 0.717) is 0 Å². The van der Waals surface area contributed by atoms with Crippen LogP contribution in [0.4, 0.5) is 5.69 Å². The van der Waals surface area contributed by atoms with Crippen molar-refractivity contribution in [3.63, 3.8) is 0 Å². The Labute approximate surface area is 118 Å². The van der Waals surface area contributed by atoms with Crippen LogP contribution in [0.5, 0.6) is 0 Å². The number of rotatable bonds is 5. The molecule has 0 bridgehead atoms. The summed E-state index contributed by atoms with van der Waals surface area (Å²) in [6, 6.07) is 1.58. The normalized spacial score (nSPS) is 18.2. The van der Waals surface area contributed by atoms with Crippen molar-refractivity contribution in [2.24, 2.45) is 0 Å². The average molecular weight is 282 g/mol. The van der Waals surface area contributed by atoms with Crippen LogP contribution in [0.1, 0.15) is 0 Å². The second-order valence-electron chi connectivity index (χ2n) is 5.13. The molecule has 2 heterocycles. The summed E-state index contributed by atoms with van der Waals surface area (Å²) in [6.45, 7) is 4.09. The fourth-order valence-electron chi connectivity index (χ4n) is 2.24. The van der Waals surface area contributed by atoms with Gasteiger partial charge in [-0.05, 0) is 7.05 Å². The molecule has 0 amide bonds. The van der Waals surface area contributed by atoms with Gasteiger partial charge in [0.2, 0.25) is 0 Å². The van der Waals surface area contributed by atoms with Crippen molar-refractivity contribution in [2.45, 2.75) is 12.6 Å². The first-order valence-electron chi connectivity index (χ1n) is 6.78. The molecule has 1 aromatic heterocycles. The monoisotopic (exact) mass is 282 g/mol. The Kier molecular flexibility index (Phi) is 5.11. The predicted molar refractivity (Wildman–Crippen MR) is 76.1 cm³/mol. The van der Waals surface area contributed by atoms with E-state index in [0.717, 1.165) is 31.9 Å². The largest absolute Gasteiger partial charge is 0.389 e. The van der Waals surface area contributed by atoms with Gasteiger partial charge >= 0.3 is 0 Å². The van der Waals surface area contributed by atoms with Gasteiger partial charge in [0, 0.05) is 39.4 Å². The summed E-state index contributed by atoms with van der Waals surface area (Å²) in [7, 11) is 3.60. The fourth-order valence-corrected chi connectivity index (χ4v) is 2.24. The van der Waals surface area contributed by atoms with Gasteiger partial charge in [-0.1, -0.05) is 0 Å². The maximum absolute atomic E-state index is 12.0. The fraction of sp³-hybridized carbons (Fsp3) is 0.692. The molecule has 1 N–H and O–H groups in total. The molecule has 1 aliphatic rings. The zero-order valence-electron chi connectivity index (χ0n) is 12.0. The first-order chi connectivity index (χ1) is 9.60. The Balaban J connectivity index is 2.04. The lowest BCUT2D eigenvalue weighted by Crippen LogP contribution is -2.45. The maximum atomic E-state index is 12.0. The average Bonchev–Trinajstić information content (AvgIpc) is 2.42. The third-order valence-electron chi connectivity index (χ3n) is 3.47. The second kappa shape index (κ2) is 6.83. The van der Waals surface area contributed by atoms with E-state index in [1.165, 1.54) is 11.8 Å². The van der Waals surface area contributed by atoms with Gasteiger partial charge in [-0.15, -0.1) is 0 Å². The molecule has 7 heteroatoms. The number of aliphatic hydroxyl groups excluding tert-OH is 1. The highest BCUT2D eigenvalue weighted by Gasteiger charge is 2.16. The van der Waals surface area contributed by atoms with Crippen molar-refractivity contribution in [3.8, 4) is 0 Å². The molecule has 1 saturated heterocycles. The number of hydrogen-bond acceptors (Lipinski definition) is 6. The molecule has 0 aromatic carbocycles. The van der Waals surface area contributed by atoms with Gasteiger partial charge in [-0.3, -0.25) is 4.79 Å². The molecule has 1 unspecified atom stereocenters. The first kappa shape index (κ1) is 15.0.